The highest BCUT2D eigenvalue weighted by molar-refractivity contribution is 7.99. The number of carbonyl (C=O) groups excluding carboxylic acids is 1. The summed E-state index contributed by atoms with van der Waals surface area (Å²) in [5, 5.41) is 6.57. The number of nitrogens with zero attached hydrogens (tertiary/aromatic N) is 1. The first kappa shape index (κ1) is 16.2. The Morgan fingerprint density at radius 3 is 2.90 bits per heavy atom. The lowest BCUT2D eigenvalue weighted by Gasteiger charge is -2.29. The van der Waals surface area contributed by atoms with Crippen LogP contribution in [0.5, 0.6) is 0 Å². The molecular weight excluding hydrogens is 286 g/mol. The highest BCUT2D eigenvalue weighted by Crippen LogP contribution is 2.28. The zero-order chi connectivity index (χ0) is 15.2. The van der Waals surface area contributed by atoms with Crippen LogP contribution in [0.15, 0.2) is 4.42 Å². The third-order valence-corrected chi connectivity index (χ3v) is 5.07. The van der Waals surface area contributed by atoms with E-state index in [9.17, 15) is 4.79 Å². The highest BCUT2D eigenvalue weighted by atomic mass is 32.2. The summed E-state index contributed by atoms with van der Waals surface area (Å²) in [4.78, 5) is 16.2. The van der Waals surface area contributed by atoms with Gasteiger partial charge < -0.3 is 15.1 Å². The lowest BCUT2D eigenvalue weighted by Crippen LogP contribution is -2.44. The van der Waals surface area contributed by atoms with Crippen LogP contribution in [0.2, 0.25) is 0 Å². The third kappa shape index (κ3) is 4.95. The fourth-order valence-corrected chi connectivity index (χ4v) is 3.84. The Hall–Kier alpha value is -1.17. The Labute approximate surface area is 130 Å². The minimum atomic E-state index is -0.129. The van der Waals surface area contributed by atoms with Gasteiger partial charge in [0.15, 0.2) is 0 Å². The molecule has 118 valence electrons. The molecule has 2 atom stereocenters. The third-order valence-electron chi connectivity index (χ3n) is 3.84. The highest BCUT2D eigenvalue weighted by Gasteiger charge is 2.23. The standard InChI is InChI=1S/C15H25N3O2S/c1-4-21-13-7-5-6-12(8-13)18-15(19)16-9-14-17-10(2)11(3)20-14/h12-13H,4-9H2,1-3H3,(H2,16,18,19)/t12-,13+/m0/s1. The molecule has 1 aromatic rings. The molecule has 1 heterocycles. The maximum Gasteiger partial charge on any atom is 0.315 e. The Morgan fingerprint density at radius 2 is 2.24 bits per heavy atom. The molecule has 0 bridgehead atoms. The number of thioether (sulfide) groups is 1. The summed E-state index contributed by atoms with van der Waals surface area (Å²) in [6.07, 6.45) is 4.61. The molecule has 1 aromatic heterocycles. The van der Waals surface area contributed by atoms with Crippen molar-refractivity contribution in [2.75, 3.05) is 5.75 Å². The summed E-state index contributed by atoms with van der Waals surface area (Å²) >= 11 is 2.00. The number of carbonyl (C=O) groups is 1. The fourth-order valence-electron chi connectivity index (χ4n) is 2.67. The van der Waals surface area contributed by atoms with Crippen molar-refractivity contribution in [1.29, 1.82) is 0 Å². The Balaban J connectivity index is 1.73. The van der Waals surface area contributed by atoms with Crippen LogP contribution in [-0.4, -0.2) is 28.1 Å². The molecule has 1 aliphatic rings. The number of oxazole rings is 1. The van der Waals surface area contributed by atoms with E-state index in [4.69, 9.17) is 4.42 Å². The van der Waals surface area contributed by atoms with Crippen molar-refractivity contribution < 1.29 is 9.21 Å². The normalized spacial score (nSPS) is 22.0. The number of nitrogens with one attached hydrogen (secondary N) is 2. The van der Waals surface area contributed by atoms with E-state index in [0.29, 0.717) is 17.7 Å². The van der Waals surface area contributed by atoms with Crippen LogP contribution in [0.25, 0.3) is 0 Å². The van der Waals surface area contributed by atoms with Crippen molar-refractivity contribution in [3.05, 3.63) is 17.3 Å². The summed E-state index contributed by atoms with van der Waals surface area (Å²) in [5.74, 6) is 2.51. The van der Waals surface area contributed by atoms with Crippen LogP contribution in [0, 0.1) is 13.8 Å². The van der Waals surface area contributed by atoms with Gasteiger partial charge in [-0.15, -0.1) is 0 Å². The summed E-state index contributed by atoms with van der Waals surface area (Å²) in [6, 6.07) is 0.159. The average molecular weight is 311 g/mol. The maximum atomic E-state index is 11.9. The quantitative estimate of drug-likeness (QED) is 0.876. The zero-order valence-corrected chi connectivity index (χ0v) is 13.9. The molecule has 0 aliphatic heterocycles. The molecule has 0 aromatic carbocycles. The van der Waals surface area contributed by atoms with Gasteiger partial charge in [0.05, 0.1) is 12.2 Å². The van der Waals surface area contributed by atoms with Crippen LogP contribution in [-0.2, 0) is 6.54 Å². The van der Waals surface area contributed by atoms with Crippen LogP contribution in [0.3, 0.4) is 0 Å². The molecule has 6 heteroatoms. The second-order valence-electron chi connectivity index (χ2n) is 5.52. The molecule has 0 saturated heterocycles. The lowest BCUT2D eigenvalue weighted by molar-refractivity contribution is 0.231. The molecule has 0 radical (unpaired) electrons. The van der Waals surface area contributed by atoms with Crippen molar-refractivity contribution in [2.45, 2.75) is 64.3 Å². The molecular formula is C15H25N3O2S. The van der Waals surface area contributed by atoms with E-state index in [2.05, 4.69) is 22.5 Å². The molecule has 2 amide bonds. The fraction of sp³-hybridized carbons (Fsp3) is 0.733. The van der Waals surface area contributed by atoms with Gasteiger partial charge in [-0.1, -0.05) is 13.3 Å². The maximum absolute atomic E-state index is 11.9. The molecule has 1 saturated carbocycles. The molecule has 2 rings (SSSR count). The Bertz CT molecular complexity index is 454. The van der Waals surface area contributed by atoms with Gasteiger partial charge in [-0.2, -0.15) is 11.8 Å². The average Bonchev–Trinajstić information content (AvgIpc) is 2.76. The number of rotatable bonds is 5. The Morgan fingerprint density at radius 1 is 1.43 bits per heavy atom. The smallest absolute Gasteiger partial charge is 0.315 e. The molecule has 1 fully saturated rings. The van der Waals surface area contributed by atoms with Crippen molar-refractivity contribution in [1.82, 2.24) is 15.6 Å². The van der Waals surface area contributed by atoms with E-state index >= 15 is 0 Å². The van der Waals surface area contributed by atoms with Crippen molar-refractivity contribution in [3.63, 3.8) is 0 Å². The van der Waals surface area contributed by atoms with E-state index in [1.165, 1.54) is 12.8 Å². The van der Waals surface area contributed by atoms with E-state index in [1.807, 2.05) is 25.6 Å². The van der Waals surface area contributed by atoms with E-state index in [0.717, 1.165) is 30.0 Å². The summed E-state index contributed by atoms with van der Waals surface area (Å²) < 4.78 is 5.45. The Kier molecular flexibility index (Phi) is 5.96. The van der Waals surface area contributed by atoms with Crippen LogP contribution < -0.4 is 10.6 Å². The monoisotopic (exact) mass is 311 g/mol. The first-order chi connectivity index (χ1) is 10.1. The predicted octanol–water partition coefficient (Wildman–Crippen LogP) is 3.15. The number of hydrogen-bond donors (Lipinski definition) is 2. The van der Waals surface area contributed by atoms with Crippen LogP contribution in [0.1, 0.15) is 50.0 Å². The molecule has 0 unspecified atom stereocenters. The predicted molar refractivity (Wildman–Crippen MR) is 85.5 cm³/mol. The number of aryl methyl sites for hydroxylation is 2. The van der Waals surface area contributed by atoms with E-state index in [1.54, 1.807) is 0 Å². The molecule has 0 spiro atoms. The number of hydrogen-bond acceptors (Lipinski definition) is 4. The van der Waals surface area contributed by atoms with Gasteiger partial charge in [-0.05, 0) is 38.9 Å². The summed E-state index contributed by atoms with van der Waals surface area (Å²) in [5.41, 5.74) is 0.874. The minimum absolute atomic E-state index is 0.129. The van der Waals surface area contributed by atoms with E-state index in [-0.39, 0.29) is 12.1 Å². The van der Waals surface area contributed by atoms with Crippen LogP contribution >= 0.6 is 11.8 Å². The molecule has 5 nitrogen and oxygen atoms in total. The largest absolute Gasteiger partial charge is 0.444 e. The first-order valence-corrected chi connectivity index (χ1v) is 8.72. The number of urea groups is 1. The van der Waals surface area contributed by atoms with Crippen molar-refractivity contribution in [2.24, 2.45) is 0 Å². The van der Waals surface area contributed by atoms with Crippen LogP contribution in [0.4, 0.5) is 4.79 Å². The van der Waals surface area contributed by atoms with Gasteiger partial charge in [0.25, 0.3) is 0 Å². The van der Waals surface area contributed by atoms with Crippen molar-refractivity contribution in [3.8, 4) is 0 Å². The van der Waals surface area contributed by atoms with Crippen molar-refractivity contribution >= 4 is 17.8 Å². The van der Waals surface area contributed by atoms with E-state index < -0.39 is 0 Å². The second-order valence-corrected chi connectivity index (χ2v) is 7.09. The molecule has 1 aliphatic carbocycles. The molecule has 21 heavy (non-hydrogen) atoms. The SMILES string of the molecule is CCS[C@@H]1CCC[C@H](NC(=O)NCc2nc(C)c(C)o2)C1. The number of amides is 2. The molecule has 2 N–H and O–H groups in total. The number of aromatic nitrogens is 1. The lowest BCUT2D eigenvalue weighted by atomic mass is 9.95. The second kappa shape index (κ2) is 7.73. The van der Waals surface area contributed by atoms with Gasteiger partial charge in [0.1, 0.15) is 5.76 Å². The van der Waals surface area contributed by atoms with Gasteiger partial charge >= 0.3 is 6.03 Å². The minimum Gasteiger partial charge on any atom is -0.444 e. The van der Waals surface area contributed by atoms with Gasteiger partial charge in [-0.3, -0.25) is 0 Å². The first-order valence-electron chi connectivity index (χ1n) is 7.67. The summed E-state index contributed by atoms with van der Waals surface area (Å²) in [6.45, 7) is 6.30. The zero-order valence-electron chi connectivity index (χ0n) is 13.1. The topological polar surface area (TPSA) is 67.2 Å². The summed E-state index contributed by atoms with van der Waals surface area (Å²) in [7, 11) is 0. The van der Waals surface area contributed by atoms with Gasteiger partial charge in [-0.25, -0.2) is 9.78 Å². The van der Waals surface area contributed by atoms with Gasteiger partial charge in [0.2, 0.25) is 5.89 Å². The van der Waals surface area contributed by atoms with Gasteiger partial charge in [0, 0.05) is 11.3 Å².